The zero-order valence-corrected chi connectivity index (χ0v) is 10.6. The summed E-state index contributed by atoms with van der Waals surface area (Å²) in [4.78, 5) is 2.36. The molecule has 0 radical (unpaired) electrons. The number of nitrogen functional groups attached to an aromatic ring is 1. The van der Waals surface area contributed by atoms with Crippen molar-refractivity contribution in [3.8, 4) is 0 Å². The SMILES string of the molecule is CN1CCC[C@@H](c2nnc(N)c3ccccc23)C1. The van der Waals surface area contributed by atoms with Gasteiger partial charge in [-0.25, -0.2) is 0 Å². The van der Waals surface area contributed by atoms with Crippen LogP contribution in [0, 0.1) is 0 Å². The second-order valence-corrected chi connectivity index (χ2v) is 5.12. The van der Waals surface area contributed by atoms with Gasteiger partial charge in [0.15, 0.2) is 5.82 Å². The lowest BCUT2D eigenvalue weighted by atomic mass is 9.92. The summed E-state index contributed by atoms with van der Waals surface area (Å²) in [5.41, 5.74) is 7.00. The van der Waals surface area contributed by atoms with Crippen LogP contribution in [0.2, 0.25) is 0 Å². The van der Waals surface area contributed by atoms with Gasteiger partial charge < -0.3 is 10.6 Å². The molecule has 1 atom stereocenters. The van der Waals surface area contributed by atoms with Gasteiger partial charge in [-0.15, -0.1) is 5.10 Å². The molecule has 1 aromatic heterocycles. The molecule has 1 fully saturated rings. The lowest BCUT2D eigenvalue weighted by Crippen LogP contribution is -2.31. The van der Waals surface area contributed by atoms with Crippen molar-refractivity contribution in [2.24, 2.45) is 0 Å². The van der Waals surface area contributed by atoms with E-state index in [1.165, 1.54) is 19.4 Å². The van der Waals surface area contributed by atoms with Gasteiger partial charge in [-0.05, 0) is 26.4 Å². The molecule has 1 aromatic carbocycles. The summed E-state index contributed by atoms with van der Waals surface area (Å²) < 4.78 is 0. The van der Waals surface area contributed by atoms with Crippen molar-refractivity contribution in [2.75, 3.05) is 25.9 Å². The van der Waals surface area contributed by atoms with Gasteiger partial charge in [-0.3, -0.25) is 0 Å². The molecule has 0 bridgehead atoms. The molecule has 1 aliphatic rings. The lowest BCUT2D eigenvalue weighted by Gasteiger charge is -2.29. The van der Waals surface area contributed by atoms with Gasteiger partial charge in [0.1, 0.15) is 0 Å². The maximum absolute atomic E-state index is 5.90. The normalized spacial score (nSPS) is 21.3. The van der Waals surface area contributed by atoms with Crippen molar-refractivity contribution >= 4 is 16.6 Å². The van der Waals surface area contributed by atoms with Crippen LogP contribution >= 0.6 is 0 Å². The van der Waals surface area contributed by atoms with E-state index in [9.17, 15) is 0 Å². The average Bonchev–Trinajstić information content (AvgIpc) is 2.39. The van der Waals surface area contributed by atoms with Crippen molar-refractivity contribution in [1.82, 2.24) is 15.1 Å². The van der Waals surface area contributed by atoms with Crippen LogP contribution in [0.15, 0.2) is 24.3 Å². The number of anilines is 1. The molecule has 2 heterocycles. The Labute approximate surface area is 107 Å². The van der Waals surface area contributed by atoms with Crippen molar-refractivity contribution < 1.29 is 0 Å². The van der Waals surface area contributed by atoms with Gasteiger partial charge >= 0.3 is 0 Å². The average molecular weight is 242 g/mol. The van der Waals surface area contributed by atoms with Crippen molar-refractivity contribution in [3.63, 3.8) is 0 Å². The highest BCUT2D eigenvalue weighted by atomic mass is 15.2. The van der Waals surface area contributed by atoms with Crippen LogP contribution < -0.4 is 5.73 Å². The first-order chi connectivity index (χ1) is 8.75. The standard InChI is InChI=1S/C14H18N4/c1-18-8-4-5-10(9-18)13-11-6-2-3-7-12(11)14(15)17-16-13/h2-3,6-7,10H,4-5,8-9H2,1H3,(H2,15,17)/t10-/m1/s1. The Hall–Kier alpha value is -1.68. The first-order valence-corrected chi connectivity index (χ1v) is 6.45. The number of aromatic nitrogens is 2. The second-order valence-electron chi connectivity index (χ2n) is 5.12. The van der Waals surface area contributed by atoms with Crippen LogP contribution in [0.5, 0.6) is 0 Å². The van der Waals surface area contributed by atoms with Crippen molar-refractivity contribution in [2.45, 2.75) is 18.8 Å². The highest BCUT2D eigenvalue weighted by Gasteiger charge is 2.22. The Morgan fingerprint density at radius 3 is 2.78 bits per heavy atom. The molecule has 0 amide bonds. The third-order valence-electron chi connectivity index (χ3n) is 3.76. The number of likely N-dealkylation sites (N-methyl/N-ethyl adjacent to an activating group) is 1. The molecule has 0 aliphatic carbocycles. The smallest absolute Gasteiger partial charge is 0.153 e. The molecule has 94 valence electrons. The van der Waals surface area contributed by atoms with E-state index in [1.54, 1.807) is 0 Å². The van der Waals surface area contributed by atoms with E-state index in [0.29, 0.717) is 11.7 Å². The highest BCUT2D eigenvalue weighted by Crippen LogP contribution is 2.31. The first kappa shape index (κ1) is 11.4. The minimum Gasteiger partial charge on any atom is -0.382 e. The molecule has 4 nitrogen and oxygen atoms in total. The van der Waals surface area contributed by atoms with Crippen molar-refractivity contribution in [1.29, 1.82) is 0 Å². The summed E-state index contributed by atoms with van der Waals surface area (Å²) in [6, 6.07) is 8.16. The summed E-state index contributed by atoms with van der Waals surface area (Å²) in [5.74, 6) is 1.00. The summed E-state index contributed by atoms with van der Waals surface area (Å²) >= 11 is 0. The van der Waals surface area contributed by atoms with Gasteiger partial charge in [0, 0.05) is 23.2 Å². The van der Waals surface area contributed by atoms with E-state index < -0.39 is 0 Å². The number of benzene rings is 1. The molecular formula is C14H18N4. The predicted molar refractivity (Wildman–Crippen MR) is 73.4 cm³/mol. The number of likely N-dealkylation sites (tertiary alicyclic amines) is 1. The largest absolute Gasteiger partial charge is 0.382 e. The highest BCUT2D eigenvalue weighted by molar-refractivity contribution is 5.92. The zero-order chi connectivity index (χ0) is 12.5. The first-order valence-electron chi connectivity index (χ1n) is 6.45. The number of fused-ring (bicyclic) bond motifs is 1. The third-order valence-corrected chi connectivity index (χ3v) is 3.76. The Morgan fingerprint density at radius 2 is 2.00 bits per heavy atom. The summed E-state index contributed by atoms with van der Waals surface area (Å²) in [5, 5.41) is 10.7. The van der Waals surface area contributed by atoms with Gasteiger partial charge in [0.25, 0.3) is 0 Å². The van der Waals surface area contributed by atoms with Crippen LogP contribution in [0.4, 0.5) is 5.82 Å². The van der Waals surface area contributed by atoms with E-state index in [0.717, 1.165) is 23.0 Å². The second kappa shape index (κ2) is 4.53. The minimum absolute atomic E-state index is 0.474. The lowest BCUT2D eigenvalue weighted by molar-refractivity contribution is 0.248. The minimum atomic E-state index is 0.474. The van der Waals surface area contributed by atoms with E-state index in [4.69, 9.17) is 5.73 Å². The Kier molecular flexibility index (Phi) is 2.88. The van der Waals surface area contributed by atoms with Gasteiger partial charge in [0.2, 0.25) is 0 Å². The van der Waals surface area contributed by atoms with E-state index in [2.05, 4.69) is 28.2 Å². The summed E-state index contributed by atoms with van der Waals surface area (Å²) in [6.45, 7) is 2.24. The Balaban J connectivity index is 2.09. The molecule has 0 spiro atoms. The van der Waals surface area contributed by atoms with E-state index in [-0.39, 0.29) is 0 Å². The van der Waals surface area contributed by atoms with Crippen LogP contribution in [0.3, 0.4) is 0 Å². The molecule has 1 aliphatic heterocycles. The quantitative estimate of drug-likeness (QED) is 0.831. The van der Waals surface area contributed by atoms with Crippen LogP contribution in [0.1, 0.15) is 24.5 Å². The van der Waals surface area contributed by atoms with Crippen molar-refractivity contribution in [3.05, 3.63) is 30.0 Å². The molecule has 2 N–H and O–H groups in total. The molecular weight excluding hydrogens is 224 g/mol. The van der Waals surface area contributed by atoms with Crippen LogP contribution in [0.25, 0.3) is 10.8 Å². The maximum atomic E-state index is 5.90. The topological polar surface area (TPSA) is 55.0 Å². The van der Waals surface area contributed by atoms with E-state index >= 15 is 0 Å². The molecule has 2 aromatic rings. The number of nitrogens with zero attached hydrogens (tertiary/aromatic N) is 3. The Bertz CT molecular complexity index is 567. The molecule has 4 heteroatoms. The monoisotopic (exact) mass is 242 g/mol. The fourth-order valence-electron chi connectivity index (χ4n) is 2.84. The summed E-state index contributed by atoms with van der Waals surface area (Å²) in [6.07, 6.45) is 2.41. The van der Waals surface area contributed by atoms with E-state index in [1.807, 2.05) is 18.2 Å². The fraction of sp³-hybridized carbons (Fsp3) is 0.429. The fourth-order valence-corrected chi connectivity index (χ4v) is 2.84. The predicted octanol–water partition coefficient (Wildman–Crippen LogP) is 2.02. The molecule has 0 unspecified atom stereocenters. The van der Waals surface area contributed by atoms with Gasteiger partial charge in [-0.1, -0.05) is 24.3 Å². The Morgan fingerprint density at radius 1 is 1.22 bits per heavy atom. The molecule has 3 rings (SSSR count). The number of piperidine rings is 1. The molecule has 18 heavy (non-hydrogen) atoms. The molecule has 1 saturated heterocycles. The zero-order valence-electron chi connectivity index (χ0n) is 10.6. The van der Waals surface area contributed by atoms with Gasteiger partial charge in [0.05, 0.1) is 5.69 Å². The number of nitrogens with two attached hydrogens (primary N) is 1. The van der Waals surface area contributed by atoms with Crippen LogP contribution in [-0.2, 0) is 0 Å². The third kappa shape index (κ3) is 1.93. The number of hydrogen-bond acceptors (Lipinski definition) is 4. The number of rotatable bonds is 1. The van der Waals surface area contributed by atoms with Gasteiger partial charge in [-0.2, -0.15) is 5.10 Å². The number of hydrogen-bond donors (Lipinski definition) is 1. The summed E-state index contributed by atoms with van der Waals surface area (Å²) in [7, 11) is 2.17. The van der Waals surface area contributed by atoms with Crippen LogP contribution in [-0.4, -0.2) is 35.2 Å². The molecule has 0 saturated carbocycles. The maximum Gasteiger partial charge on any atom is 0.153 e.